The highest BCUT2D eigenvalue weighted by Gasteiger charge is 2.13. The molecular formula is C9H13NO2S. The fourth-order valence-corrected chi connectivity index (χ4v) is 2.06. The van der Waals surface area contributed by atoms with Gasteiger partial charge in [-0.2, -0.15) is 0 Å². The van der Waals surface area contributed by atoms with Crippen molar-refractivity contribution in [2.75, 3.05) is 7.11 Å². The normalized spacial score (nSPS) is 12.8. The maximum absolute atomic E-state index is 11.0. The number of rotatable bonds is 4. The second-order valence-corrected chi connectivity index (χ2v) is 3.65. The zero-order chi connectivity index (χ0) is 9.84. The average Bonchev–Trinajstić information content (AvgIpc) is 2.56. The molecule has 72 valence electrons. The molecule has 3 nitrogen and oxygen atoms in total. The van der Waals surface area contributed by atoms with Crippen molar-refractivity contribution in [3.05, 3.63) is 16.1 Å². The summed E-state index contributed by atoms with van der Waals surface area (Å²) >= 11 is 1.48. The number of ether oxygens (including phenoxy) is 1. The molecule has 0 amide bonds. The Balaban J connectivity index is 2.84. The molecule has 1 unspecified atom stereocenters. The van der Waals surface area contributed by atoms with Crippen molar-refractivity contribution in [1.82, 2.24) is 4.98 Å². The standard InChI is InChI=1S/C9H13NO2S/c1-4-8(12-3)9-10-7(5-13-9)6(2)11/h5,8H,4H2,1-3H3. The highest BCUT2D eigenvalue weighted by molar-refractivity contribution is 7.09. The molecule has 0 saturated carbocycles. The van der Waals surface area contributed by atoms with Crippen molar-refractivity contribution < 1.29 is 9.53 Å². The van der Waals surface area contributed by atoms with Crippen LogP contribution in [0.2, 0.25) is 0 Å². The van der Waals surface area contributed by atoms with Gasteiger partial charge in [-0.1, -0.05) is 6.92 Å². The molecule has 1 rings (SSSR count). The van der Waals surface area contributed by atoms with E-state index in [0.29, 0.717) is 5.69 Å². The molecule has 0 saturated heterocycles. The lowest BCUT2D eigenvalue weighted by Crippen LogP contribution is -2.00. The minimum atomic E-state index is 0.00783. The Kier molecular flexibility index (Phi) is 3.57. The number of methoxy groups -OCH3 is 1. The Hall–Kier alpha value is -0.740. The summed E-state index contributed by atoms with van der Waals surface area (Å²) in [5.41, 5.74) is 0.538. The van der Waals surface area contributed by atoms with E-state index in [1.54, 1.807) is 12.5 Å². The van der Waals surface area contributed by atoms with Gasteiger partial charge in [0, 0.05) is 19.4 Å². The third-order valence-electron chi connectivity index (χ3n) is 1.81. The number of ketones is 1. The van der Waals surface area contributed by atoms with Gasteiger partial charge in [-0.15, -0.1) is 11.3 Å². The Bertz CT molecular complexity index is 292. The maximum Gasteiger partial charge on any atom is 0.178 e. The smallest absolute Gasteiger partial charge is 0.178 e. The van der Waals surface area contributed by atoms with E-state index in [0.717, 1.165) is 11.4 Å². The first-order valence-corrected chi connectivity index (χ1v) is 5.06. The highest BCUT2D eigenvalue weighted by Crippen LogP contribution is 2.23. The number of carbonyl (C=O) groups excluding carboxylic acids is 1. The van der Waals surface area contributed by atoms with E-state index in [4.69, 9.17) is 4.74 Å². The van der Waals surface area contributed by atoms with Crippen LogP contribution in [0.5, 0.6) is 0 Å². The first-order valence-electron chi connectivity index (χ1n) is 4.18. The van der Waals surface area contributed by atoms with E-state index in [2.05, 4.69) is 4.98 Å². The summed E-state index contributed by atoms with van der Waals surface area (Å²) in [5.74, 6) is 0.00783. The summed E-state index contributed by atoms with van der Waals surface area (Å²) in [5, 5.41) is 2.66. The van der Waals surface area contributed by atoms with Crippen molar-refractivity contribution in [3.8, 4) is 0 Å². The van der Waals surface area contributed by atoms with Crippen LogP contribution in [0, 0.1) is 0 Å². The molecule has 1 heterocycles. The van der Waals surface area contributed by atoms with Crippen LogP contribution in [0.25, 0.3) is 0 Å². The third kappa shape index (κ3) is 2.35. The molecule has 0 aliphatic carbocycles. The predicted molar refractivity (Wildman–Crippen MR) is 52.2 cm³/mol. The molecule has 0 aliphatic rings. The number of carbonyl (C=O) groups is 1. The highest BCUT2D eigenvalue weighted by atomic mass is 32.1. The predicted octanol–water partition coefficient (Wildman–Crippen LogP) is 2.44. The molecule has 0 bridgehead atoms. The topological polar surface area (TPSA) is 39.2 Å². The van der Waals surface area contributed by atoms with Gasteiger partial charge in [0.1, 0.15) is 16.8 Å². The molecule has 1 aromatic rings. The van der Waals surface area contributed by atoms with E-state index in [1.807, 2.05) is 6.92 Å². The fraction of sp³-hybridized carbons (Fsp3) is 0.556. The number of hydrogen-bond donors (Lipinski definition) is 0. The van der Waals surface area contributed by atoms with Gasteiger partial charge in [0.2, 0.25) is 0 Å². The Morgan fingerprint density at radius 3 is 2.85 bits per heavy atom. The molecule has 13 heavy (non-hydrogen) atoms. The summed E-state index contributed by atoms with van der Waals surface area (Å²) in [7, 11) is 1.66. The van der Waals surface area contributed by atoms with Crippen molar-refractivity contribution in [3.63, 3.8) is 0 Å². The van der Waals surface area contributed by atoms with Crippen molar-refractivity contribution in [2.45, 2.75) is 26.4 Å². The Morgan fingerprint density at radius 1 is 1.77 bits per heavy atom. The van der Waals surface area contributed by atoms with Gasteiger partial charge in [0.25, 0.3) is 0 Å². The zero-order valence-corrected chi connectivity index (χ0v) is 8.85. The number of hydrogen-bond acceptors (Lipinski definition) is 4. The minimum Gasteiger partial charge on any atom is -0.374 e. The molecule has 1 aromatic heterocycles. The van der Waals surface area contributed by atoms with Crippen molar-refractivity contribution in [2.24, 2.45) is 0 Å². The molecule has 0 fully saturated rings. The number of aromatic nitrogens is 1. The number of Topliss-reactive ketones (excluding diaryl/α,β-unsaturated/α-hetero) is 1. The first-order chi connectivity index (χ1) is 6.19. The van der Waals surface area contributed by atoms with Crippen LogP contribution in [0.15, 0.2) is 5.38 Å². The molecule has 1 atom stereocenters. The lowest BCUT2D eigenvalue weighted by atomic mass is 10.3. The minimum absolute atomic E-state index is 0.00783. The summed E-state index contributed by atoms with van der Waals surface area (Å²) in [4.78, 5) is 15.2. The van der Waals surface area contributed by atoms with Crippen LogP contribution < -0.4 is 0 Å². The lowest BCUT2D eigenvalue weighted by molar-refractivity contribution is 0.0978. The van der Waals surface area contributed by atoms with E-state index < -0.39 is 0 Å². The van der Waals surface area contributed by atoms with E-state index in [9.17, 15) is 4.79 Å². The Labute approximate surface area is 81.8 Å². The zero-order valence-electron chi connectivity index (χ0n) is 8.03. The SMILES string of the molecule is CCC(OC)c1nc(C(C)=O)cs1. The van der Waals surface area contributed by atoms with E-state index in [1.165, 1.54) is 18.3 Å². The maximum atomic E-state index is 11.0. The monoisotopic (exact) mass is 199 g/mol. The van der Waals surface area contributed by atoms with Crippen LogP contribution in [-0.2, 0) is 4.74 Å². The third-order valence-corrected chi connectivity index (χ3v) is 2.75. The second-order valence-electron chi connectivity index (χ2n) is 2.76. The molecular weight excluding hydrogens is 186 g/mol. The number of thiazole rings is 1. The van der Waals surface area contributed by atoms with E-state index in [-0.39, 0.29) is 11.9 Å². The van der Waals surface area contributed by atoms with Gasteiger partial charge < -0.3 is 4.74 Å². The summed E-state index contributed by atoms with van der Waals surface area (Å²) in [6.45, 7) is 3.55. The van der Waals surface area contributed by atoms with Gasteiger partial charge in [-0.3, -0.25) is 4.79 Å². The van der Waals surface area contributed by atoms with Gasteiger partial charge in [0.05, 0.1) is 0 Å². The quantitative estimate of drug-likeness (QED) is 0.699. The molecule has 4 heteroatoms. The van der Waals surface area contributed by atoms with Crippen molar-refractivity contribution in [1.29, 1.82) is 0 Å². The van der Waals surface area contributed by atoms with Gasteiger partial charge >= 0.3 is 0 Å². The molecule has 0 aromatic carbocycles. The largest absolute Gasteiger partial charge is 0.374 e. The molecule has 0 spiro atoms. The lowest BCUT2D eigenvalue weighted by Gasteiger charge is -2.07. The van der Waals surface area contributed by atoms with Gasteiger partial charge in [0.15, 0.2) is 5.78 Å². The summed E-state index contributed by atoms with van der Waals surface area (Å²) in [6.07, 6.45) is 0.902. The second kappa shape index (κ2) is 4.48. The average molecular weight is 199 g/mol. The summed E-state index contributed by atoms with van der Waals surface area (Å²) in [6, 6.07) is 0. The van der Waals surface area contributed by atoms with Crippen molar-refractivity contribution >= 4 is 17.1 Å². The van der Waals surface area contributed by atoms with Crippen LogP contribution in [-0.4, -0.2) is 17.9 Å². The van der Waals surface area contributed by atoms with Crippen LogP contribution in [0.4, 0.5) is 0 Å². The van der Waals surface area contributed by atoms with Crippen LogP contribution in [0.1, 0.15) is 41.9 Å². The molecule has 0 N–H and O–H groups in total. The Morgan fingerprint density at radius 2 is 2.46 bits per heavy atom. The van der Waals surface area contributed by atoms with Gasteiger partial charge in [-0.25, -0.2) is 4.98 Å². The first kappa shape index (κ1) is 10.3. The van der Waals surface area contributed by atoms with Crippen LogP contribution in [0.3, 0.4) is 0 Å². The van der Waals surface area contributed by atoms with Gasteiger partial charge in [-0.05, 0) is 6.42 Å². The summed E-state index contributed by atoms with van der Waals surface area (Å²) < 4.78 is 5.22. The van der Waals surface area contributed by atoms with E-state index >= 15 is 0 Å². The fourth-order valence-electron chi connectivity index (χ4n) is 1.04. The van der Waals surface area contributed by atoms with Crippen LogP contribution >= 0.6 is 11.3 Å². The number of nitrogens with zero attached hydrogens (tertiary/aromatic N) is 1. The molecule has 0 aliphatic heterocycles. The molecule has 0 radical (unpaired) electrons.